The molecule has 0 N–H and O–H groups in total. The zero-order valence-electron chi connectivity index (χ0n) is 15.3. The lowest BCUT2D eigenvalue weighted by atomic mass is 10.1. The fraction of sp³-hybridized carbons (Fsp3) is 0.182. The van der Waals surface area contributed by atoms with Crippen LogP contribution in [0.1, 0.15) is 27.3 Å². The van der Waals surface area contributed by atoms with Gasteiger partial charge in [0.05, 0.1) is 35.5 Å². The zero-order chi connectivity index (χ0) is 18.9. The highest BCUT2D eigenvalue weighted by atomic mass is 16.2. The fourth-order valence-corrected chi connectivity index (χ4v) is 3.67. The Balaban J connectivity index is 1.35. The highest BCUT2D eigenvalue weighted by molar-refractivity contribution is 5.97. The molecule has 0 spiro atoms. The summed E-state index contributed by atoms with van der Waals surface area (Å²) in [7, 11) is 0. The van der Waals surface area contributed by atoms with Crippen LogP contribution in [0.2, 0.25) is 0 Å². The van der Waals surface area contributed by atoms with Crippen LogP contribution in [0.25, 0.3) is 11.0 Å². The number of fused-ring (bicyclic) bond motifs is 2. The summed E-state index contributed by atoms with van der Waals surface area (Å²) >= 11 is 0. The number of carbonyl (C=O) groups is 1. The second-order valence-electron chi connectivity index (χ2n) is 7.00. The van der Waals surface area contributed by atoms with Gasteiger partial charge in [0.2, 0.25) is 0 Å². The maximum atomic E-state index is 13.0. The van der Waals surface area contributed by atoms with Crippen LogP contribution in [0.5, 0.6) is 0 Å². The molecule has 6 nitrogen and oxygen atoms in total. The van der Waals surface area contributed by atoms with Crippen LogP contribution in [0.15, 0.2) is 67.0 Å². The van der Waals surface area contributed by atoms with Crippen LogP contribution in [0.3, 0.4) is 0 Å². The van der Waals surface area contributed by atoms with Gasteiger partial charge >= 0.3 is 0 Å². The first-order valence-electron chi connectivity index (χ1n) is 9.36. The van der Waals surface area contributed by atoms with E-state index in [9.17, 15) is 4.79 Å². The van der Waals surface area contributed by atoms with Gasteiger partial charge in [-0.15, -0.1) is 0 Å². The van der Waals surface area contributed by atoms with Crippen molar-refractivity contribution in [1.82, 2.24) is 24.6 Å². The summed E-state index contributed by atoms with van der Waals surface area (Å²) in [6.07, 6.45) is 4.10. The van der Waals surface area contributed by atoms with E-state index in [1.54, 1.807) is 12.4 Å². The van der Waals surface area contributed by atoms with Crippen molar-refractivity contribution < 1.29 is 4.79 Å². The lowest BCUT2D eigenvalue weighted by Gasteiger charge is -2.27. The average Bonchev–Trinajstić information content (AvgIpc) is 3.15. The molecule has 0 aliphatic carbocycles. The topological polar surface area (TPSA) is 63.9 Å². The van der Waals surface area contributed by atoms with E-state index in [1.165, 1.54) is 5.56 Å². The number of carbonyl (C=O) groups excluding carboxylic acids is 1. The van der Waals surface area contributed by atoms with Gasteiger partial charge in [-0.2, -0.15) is 5.10 Å². The molecule has 1 amide bonds. The third-order valence-electron chi connectivity index (χ3n) is 5.08. The Bertz CT molecular complexity index is 1150. The summed E-state index contributed by atoms with van der Waals surface area (Å²) in [5, 5.41) is 4.71. The van der Waals surface area contributed by atoms with Gasteiger partial charge in [0.15, 0.2) is 0 Å². The van der Waals surface area contributed by atoms with Gasteiger partial charge in [-0.3, -0.25) is 19.4 Å². The molecule has 138 valence electrons. The maximum absolute atomic E-state index is 13.0. The third-order valence-corrected chi connectivity index (χ3v) is 5.08. The van der Waals surface area contributed by atoms with Gasteiger partial charge in [-0.05, 0) is 29.8 Å². The van der Waals surface area contributed by atoms with E-state index in [-0.39, 0.29) is 5.91 Å². The Morgan fingerprint density at radius 1 is 0.929 bits per heavy atom. The first-order chi connectivity index (χ1) is 13.8. The predicted molar refractivity (Wildman–Crippen MR) is 106 cm³/mol. The second-order valence-corrected chi connectivity index (χ2v) is 7.00. The molecule has 1 aliphatic rings. The van der Waals surface area contributed by atoms with E-state index >= 15 is 0 Å². The normalized spacial score (nSPS) is 13.5. The van der Waals surface area contributed by atoms with Crippen LogP contribution >= 0.6 is 0 Å². The number of aromatic nitrogens is 4. The Morgan fingerprint density at radius 2 is 1.75 bits per heavy atom. The van der Waals surface area contributed by atoms with Crippen molar-refractivity contribution in [3.05, 3.63) is 89.5 Å². The lowest BCUT2D eigenvalue weighted by Crippen LogP contribution is -2.38. The molecule has 0 saturated carbocycles. The minimum absolute atomic E-state index is 0.0182. The van der Waals surface area contributed by atoms with Crippen molar-refractivity contribution in [2.24, 2.45) is 0 Å². The number of hydrogen-bond acceptors (Lipinski definition) is 4. The Kier molecular flexibility index (Phi) is 4.09. The monoisotopic (exact) mass is 369 g/mol. The van der Waals surface area contributed by atoms with E-state index in [0.29, 0.717) is 25.2 Å². The van der Waals surface area contributed by atoms with Crippen molar-refractivity contribution in [2.75, 3.05) is 6.54 Å². The quantitative estimate of drug-likeness (QED) is 0.557. The maximum Gasteiger partial charge on any atom is 0.254 e. The number of hydrogen-bond donors (Lipinski definition) is 0. The van der Waals surface area contributed by atoms with Crippen molar-refractivity contribution in [3.8, 4) is 0 Å². The first kappa shape index (κ1) is 16.6. The van der Waals surface area contributed by atoms with Gasteiger partial charge in [-0.1, -0.05) is 30.3 Å². The standard InChI is InChI=1S/C22H19N5O/c28-22(17-6-7-20-21(13-17)24-9-8-23-20)26-10-11-27-19(15-26)14-18(25-27)12-16-4-2-1-3-5-16/h1-9,13-14H,10-12,15H2. The highest BCUT2D eigenvalue weighted by Gasteiger charge is 2.23. The number of amides is 1. The summed E-state index contributed by atoms with van der Waals surface area (Å²) in [5.74, 6) is 0.0182. The van der Waals surface area contributed by atoms with E-state index in [4.69, 9.17) is 5.10 Å². The molecule has 1 aliphatic heterocycles. The molecule has 0 saturated heterocycles. The number of benzene rings is 2. The van der Waals surface area contributed by atoms with Gasteiger partial charge in [0.1, 0.15) is 0 Å². The highest BCUT2D eigenvalue weighted by Crippen LogP contribution is 2.19. The molecular formula is C22H19N5O. The van der Waals surface area contributed by atoms with Crippen LogP contribution in [0, 0.1) is 0 Å². The van der Waals surface area contributed by atoms with E-state index in [1.807, 2.05) is 46.0 Å². The number of nitrogens with zero attached hydrogens (tertiary/aromatic N) is 5. The Hall–Kier alpha value is -3.54. The summed E-state index contributed by atoms with van der Waals surface area (Å²) in [5.41, 5.74) is 5.53. The minimum atomic E-state index is 0.0182. The molecule has 0 fully saturated rings. The molecule has 6 heteroatoms. The molecule has 2 aromatic heterocycles. The van der Waals surface area contributed by atoms with Crippen molar-refractivity contribution in [3.63, 3.8) is 0 Å². The van der Waals surface area contributed by atoms with Gasteiger partial charge in [-0.25, -0.2) is 0 Å². The summed E-state index contributed by atoms with van der Waals surface area (Å²) in [6.45, 7) is 1.93. The third kappa shape index (κ3) is 3.13. The van der Waals surface area contributed by atoms with E-state index in [2.05, 4.69) is 28.2 Å². The molecule has 28 heavy (non-hydrogen) atoms. The van der Waals surface area contributed by atoms with Crippen molar-refractivity contribution in [2.45, 2.75) is 19.5 Å². The molecule has 3 heterocycles. The smallest absolute Gasteiger partial charge is 0.254 e. The van der Waals surface area contributed by atoms with Gasteiger partial charge < -0.3 is 4.90 Å². The van der Waals surface area contributed by atoms with Crippen LogP contribution in [-0.4, -0.2) is 37.1 Å². The van der Waals surface area contributed by atoms with E-state index < -0.39 is 0 Å². The molecule has 5 rings (SSSR count). The van der Waals surface area contributed by atoms with E-state index in [0.717, 1.165) is 28.8 Å². The number of rotatable bonds is 3. The zero-order valence-corrected chi connectivity index (χ0v) is 15.3. The summed E-state index contributed by atoms with van der Waals surface area (Å²) in [4.78, 5) is 23.4. The van der Waals surface area contributed by atoms with Gasteiger partial charge in [0, 0.05) is 30.9 Å². The largest absolute Gasteiger partial charge is 0.331 e. The SMILES string of the molecule is O=C(c1ccc2nccnc2c1)N1CCn2nc(Cc3ccccc3)cc2C1. The fourth-order valence-electron chi connectivity index (χ4n) is 3.67. The molecular weight excluding hydrogens is 350 g/mol. The minimum Gasteiger partial charge on any atom is -0.331 e. The molecule has 2 aromatic carbocycles. The molecule has 0 unspecified atom stereocenters. The lowest BCUT2D eigenvalue weighted by molar-refractivity contribution is 0.0706. The predicted octanol–water partition coefficient (Wildman–Crippen LogP) is 3.07. The van der Waals surface area contributed by atoms with Crippen LogP contribution in [0.4, 0.5) is 0 Å². The molecule has 0 atom stereocenters. The average molecular weight is 369 g/mol. The Morgan fingerprint density at radius 3 is 2.61 bits per heavy atom. The molecule has 4 aromatic rings. The van der Waals surface area contributed by atoms with Crippen molar-refractivity contribution in [1.29, 1.82) is 0 Å². The summed E-state index contributed by atoms with van der Waals surface area (Å²) in [6, 6.07) is 17.9. The van der Waals surface area contributed by atoms with Gasteiger partial charge in [0.25, 0.3) is 5.91 Å². The second kappa shape index (κ2) is 6.88. The molecule has 0 bridgehead atoms. The Labute approximate surface area is 162 Å². The molecule has 0 radical (unpaired) electrons. The van der Waals surface area contributed by atoms with Crippen molar-refractivity contribution >= 4 is 16.9 Å². The first-order valence-corrected chi connectivity index (χ1v) is 9.36. The van der Waals surface area contributed by atoms with Crippen LogP contribution < -0.4 is 0 Å². The summed E-state index contributed by atoms with van der Waals surface area (Å²) < 4.78 is 2.02. The van der Waals surface area contributed by atoms with Crippen LogP contribution in [-0.2, 0) is 19.5 Å².